The minimum Gasteiger partial charge on any atom is -0.480 e. The number of aliphatic carboxylic acids is 1. The van der Waals surface area contributed by atoms with E-state index in [1.807, 2.05) is 0 Å². The summed E-state index contributed by atoms with van der Waals surface area (Å²) in [5.74, 6) is -1.60. The van der Waals surface area contributed by atoms with Crippen molar-refractivity contribution in [3.63, 3.8) is 0 Å². The summed E-state index contributed by atoms with van der Waals surface area (Å²) >= 11 is 0. The molecule has 0 bridgehead atoms. The molecule has 7 heteroatoms. The maximum Gasteiger partial charge on any atom is 0.326 e. The van der Waals surface area contributed by atoms with E-state index in [-0.39, 0.29) is 24.3 Å². The van der Waals surface area contributed by atoms with Gasteiger partial charge in [-0.1, -0.05) is 19.3 Å². The van der Waals surface area contributed by atoms with Crippen LogP contribution in [0.5, 0.6) is 0 Å². The molecule has 1 fully saturated rings. The molecule has 1 aromatic rings. The van der Waals surface area contributed by atoms with E-state index in [1.54, 1.807) is 6.20 Å². The highest BCUT2D eigenvalue weighted by Crippen LogP contribution is 2.22. The van der Waals surface area contributed by atoms with E-state index in [2.05, 4.69) is 15.3 Å². The Morgan fingerprint density at radius 3 is 2.86 bits per heavy atom. The Labute approximate surface area is 123 Å². The second kappa shape index (κ2) is 7.21. The summed E-state index contributed by atoms with van der Waals surface area (Å²) in [5.41, 5.74) is 6.72. The van der Waals surface area contributed by atoms with Crippen LogP contribution in [0.4, 0.5) is 0 Å². The van der Waals surface area contributed by atoms with Crippen LogP contribution < -0.4 is 11.1 Å². The summed E-state index contributed by atoms with van der Waals surface area (Å²) in [6.45, 7) is 0. The van der Waals surface area contributed by atoms with Gasteiger partial charge in [-0.3, -0.25) is 4.79 Å². The van der Waals surface area contributed by atoms with Crippen molar-refractivity contribution in [1.82, 2.24) is 15.3 Å². The summed E-state index contributed by atoms with van der Waals surface area (Å²) in [6.07, 6.45) is 7.83. The summed E-state index contributed by atoms with van der Waals surface area (Å²) in [7, 11) is 0. The molecule has 7 nitrogen and oxygen atoms in total. The van der Waals surface area contributed by atoms with Gasteiger partial charge in [0.1, 0.15) is 6.04 Å². The Morgan fingerprint density at radius 1 is 1.43 bits per heavy atom. The van der Waals surface area contributed by atoms with Gasteiger partial charge in [0.25, 0.3) is 0 Å². The molecule has 0 radical (unpaired) electrons. The molecule has 116 valence electrons. The van der Waals surface area contributed by atoms with E-state index < -0.39 is 12.0 Å². The van der Waals surface area contributed by atoms with Crippen molar-refractivity contribution in [3.8, 4) is 0 Å². The number of aromatic nitrogens is 2. The molecule has 1 aromatic heterocycles. The number of carbonyl (C=O) groups is 2. The van der Waals surface area contributed by atoms with E-state index >= 15 is 0 Å². The molecule has 1 aliphatic rings. The lowest BCUT2D eigenvalue weighted by Crippen LogP contribution is -2.48. The minimum atomic E-state index is -1.06. The molecule has 1 aliphatic carbocycles. The fourth-order valence-corrected chi connectivity index (χ4v) is 2.76. The van der Waals surface area contributed by atoms with Gasteiger partial charge in [-0.25, -0.2) is 9.78 Å². The topological polar surface area (TPSA) is 121 Å². The summed E-state index contributed by atoms with van der Waals surface area (Å²) in [4.78, 5) is 30.3. The van der Waals surface area contributed by atoms with E-state index in [0.717, 1.165) is 32.1 Å². The third-order valence-electron chi connectivity index (χ3n) is 4.00. The summed E-state index contributed by atoms with van der Waals surface area (Å²) in [6, 6.07) is -1.15. The molecule has 1 heterocycles. The summed E-state index contributed by atoms with van der Waals surface area (Å²) < 4.78 is 0. The van der Waals surface area contributed by atoms with Crippen molar-refractivity contribution < 1.29 is 14.7 Å². The molecule has 0 aromatic carbocycles. The number of rotatable bonds is 5. The van der Waals surface area contributed by atoms with Gasteiger partial charge in [-0.2, -0.15) is 0 Å². The first-order valence-corrected chi connectivity index (χ1v) is 7.34. The molecular formula is C14H22N4O3. The molecule has 0 saturated heterocycles. The Bertz CT molecular complexity index is 475. The predicted molar refractivity (Wildman–Crippen MR) is 76.4 cm³/mol. The lowest BCUT2D eigenvalue weighted by atomic mass is 9.94. The fourth-order valence-electron chi connectivity index (χ4n) is 2.76. The van der Waals surface area contributed by atoms with Crippen molar-refractivity contribution >= 4 is 11.9 Å². The first kappa shape index (κ1) is 15.5. The largest absolute Gasteiger partial charge is 0.480 e. The average molecular weight is 294 g/mol. The predicted octanol–water partition coefficient (Wildman–Crippen LogP) is 0.429. The van der Waals surface area contributed by atoms with Crippen molar-refractivity contribution in [2.24, 2.45) is 11.7 Å². The Kier molecular flexibility index (Phi) is 5.32. The van der Waals surface area contributed by atoms with Gasteiger partial charge in [0, 0.05) is 24.4 Å². The van der Waals surface area contributed by atoms with Gasteiger partial charge < -0.3 is 21.1 Å². The van der Waals surface area contributed by atoms with Gasteiger partial charge in [0.15, 0.2) is 0 Å². The standard InChI is InChI=1S/C14H22N4O3/c15-11-5-3-1-2-4-10(11)13(19)18-12(14(20)21)6-9-7-16-8-17-9/h7-8,10-12H,1-6,15H2,(H,16,17)(H,18,19)(H,20,21)/t10?,11?,12-/m1/s1. The number of carboxylic acid groups (broad SMARTS) is 1. The maximum atomic E-state index is 12.3. The SMILES string of the molecule is NC1CCCCCC1C(=O)N[C@H](Cc1cnc[nH]1)C(=O)O. The number of hydrogen-bond donors (Lipinski definition) is 4. The van der Waals surface area contributed by atoms with Crippen LogP contribution >= 0.6 is 0 Å². The van der Waals surface area contributed by atoms with Crippen molar-refractivity contribution in [2.75, 3.05) is 0 Å². The van der Waals surface area contributed by atoms with Crippen molar-refractivity contribution in [1.29, 1.82) is 0 Å². The molecule has 2 unspecified atom stereocenters. The number of carbonyl (C=O) groups excluding carboxylic acids is 1. The number of amides is 1. The van der Waals surface area contributed by atoms with E-state index in [4.69, 9.17) is 5.73 Å². The monoisotopic (exact) mass is 294 g/mol. The van der Waals surface area contributed by atoms with E-state index in [0.29, 0.717) is 5.69 Å². The molecule has 1 amide bonds. The van der Waals surface area contributed by atoms with Gasteiger partial charge in [-0.05, 0) is 12.8 Å². The molecule has 0 aliphatic heterocycles. The maximum absolute atomic E-state index is 12.3. The zero-order valence-electron chi connectivity index (χ0n) is 11.9. The number of nitrogens with zero attached hydrogens (tertiary/aromatic N) is 1. The number of hydrogen-bond acceptors (Lipinski definition) is 4. The van der Waals surface area contributed by atoms with Gasteiger partial charge >= 0.3 is 5.97 Å². The third-order valence-corrected chi connectivity index (χ3v) is 4.00. The van der Waals surface area contributed by atoms with Crippen LogP contribution in [-0.2, 0) is 16.0 Å². The molecule has 3 atom stereocenters. The van der Waals surface area contributed by atoms with Gasteiger partial charge in [0.2, 0.25) is 5.91 Å². The zero-order valence-corrected chi connectivity index (χ0v) is 11.9. The van der Waals surface area contributed by atoms with E-state index in [1.165, 1.54) is 6.33 Å². The normalized spacial score (nSPS) is 24.0. The zero-order chi connectivity index (χ0) is 15.2. The van der Waals surface area contributed by atoms with Gasteiger partial charge in [-0.15, -0.1) is 0 Å². The quantitative estimate of drug-likeness (QED) is 0.587. The van der Waals surface area contributed by atoms with Crippen LogP contribution in [0.15, 0.2) is 12.5 Å². The molecule has 5 N–H and O–H groups in total. The smallest absolute Gasteiger partial charge is 0.326 e. The van der Waals surface area contributed by atoms with Gasteiger partial charge in [0.05, 0.1) is 12.2 Å². The average Bonchev–Trinajstić information content (AvgIpc) is 2.85. The highest BCUT2D eigenvalue weighted by molar-refractivity contribution is 5.85. The number of nitrogens with one attached hydrogen (secondary N) is 2. The molecule has 21 heavy (non-hydrogen) atoms. The second-order valence-electron chi connectivity index (χ2n) is 5.59. The number of aromatic amines is 1. The number of imidazole rings is 1. The van der Waals surface area contributed by atoms with Crippen LogP contribution in [-0.4, -0.2) is 39.0 Å². The molecule has 1 saturated carbocycles. The number of carboxylic acids is 1. The summed E-state index contributed by atoms with van der Waals surface area (Å²) in [5, 5.41) is 11.9. The lowest BCUT2D eigenvalue weighted by molar-refractivity contribution is -0.142. The van der Waals surface area contributed by atoms with Crippen molar-refractivity contribution in [2.45, 2.75) is 50.6 Å². The van der Waals surface area contributed by atoms with Crippen LogP contribution in [0.25, 0.3) is 0 Å². The first-order valence-electron chi connectivity index (χ1n) is 7.34. The lowest BCUT2D eigenvalue weighted by Gasteiger charge is -2.23. The Hall–Kier alpha value is -1.89. The van der Waals surface area contributed by atoms with Crippen molar-refractivity contribution in [3.05, 3.63) is 18.2 Å². The highest BCUT2D eigenvalue weighted by atomic mass is 16.4. The minimum absolute atomic E-state index is 0.184. The molecular weight excluding hydrogens is 272 g/mol. The van der Waals surface area contributed by atoms with Crippen LogP contribution in [0.3, 0.4) is 0 Å². The first-order chi connectivity index (χ1) is 10.1. The Morgan fingerprint density at radius 2 is 2.19 bits per heavy atom. The highest BCUT2D eigenvalue weighted by Gasteiger charge is 2.30. The second-order valence-corrected chi connectivity index (χ2v) is 5.59. The number of H-pyrrole nitrogens is 1. The van der Waals surface area contributed by atoms with Crippen LogP contribution in [0.1, 0.15) is 37.8 Å². The van der Waals surface area contributed by atoms with Crippen LogP contribution in [0, 0.1) is 5.92 Å². The Balaban J connectivity index is 1.98. The third kappa shape index (κ3) is 4.29. The molecule has 0 spiro atoms. The fraction of sp³-hybridized carbons (Fsp3) is 0.643. The molecule has 2 rings (SSSR count). The van der Waals surface area contributed by atoms with Crippen LogP contribution in [0.2, 0.25) is 0 Å². The number of nitrogens with two attached hydrogens (primary N) is 1. The van der Waals surface area contributed by atoms with E-state index in [9.17, 15) is 14.7 Å².